The molecule has 0 spiro atoms. The lowest BCUT2D eigenvalue weighted by molar-refractivity contribution is -0.376. The van der Waals surface area contributed by atoms with Crippen LogP contribution in [0.5, 0.6) is 0 Å². The number of rotatable bonds is 6. The second kappa shape index (κ2) is 9.98. The molecular weight excluding hydrogens is 508 g/mol. The van der Waals surface area contributed by atoms with E-state index in [0.717, 1.165) is 56.7 Å². The lowest BCUT2D eigenvalue weighted by Crippen LogP contribution is -2.53. The molecule has 2 atom stereocenters. The van der Waals surface area contributed by atoms with Crippen LogP contribution in [0.15, 0.2) is 73.1 Å². The average Bonchev–Trinajstić information content (AvgIpc) is 3.10. The summed E-state index contributed by atoms with van der Waals surface area (Å²) in [4.78, 5) is 9.09. The molecule has 2 aromatic carbocycles. The van der Waals surface area contributed by atoms with Gasteiger partial charge in [-0.1, -0.05) is 48.5 Å². The Kier molecular flexibility index (Phi) is 7.00. The van der Waals surface area contributed by atoms with Crippen LogP contribution in [0.25, 0.3) is 11.1 Å². The minimum Gasteiger partial charge on any atom is -0.369 e. The number of nitrogens with zero attached hydrogens (tertiary/aromatic N) is 3. The lowest BCUT2D eigenvalue weighted by Gasteiger charge is -2.41. The van der Waals surface area contributed by atoms with E-state index in [1.54, 1.807) is 0 Å². The Morgan fingerprint density at radius 1 is 0.684 bits per heavy atom. The summed E-state index contributed by atoms with van der Waals surface area (Å²) in [5.74, 6) is 0. The van der Waals surface area contributed by atoms with Gasteiger partial charge in [-0.05, 0) is 47.2 Å². The van der Waals surface area contributed by atoms with Gasteiger partial charge < -0.3 is 5.11 Å². The quantitative estimate of drug-likeness (QED) is 0.399. The monoisotopic (exact) mass is 535 g/mol. The molecule has 0 aliphatic carbocycles. The number of aliphatic hydroxyl groups is 1. The number of hydrogen-bond donors (Lipinski definition) is 1. The zero-order valence-corrected chi connectivity index (χ0v) is 20.4. The zero-order chi connectivity index (χ0) is 27.1. The first-order valence-corrected chi connectivity index (χ1v) is 12.4. The van der Waals surface area contributed by atoms with E-state index >= 15 is 0 Å². The molecular formula is C28H27F6N3O. The van der Waals surface area contributed by atoms with E-state index in [1.165, 1.54) is 5.56 Å². The standard InChI is InChI=1S/C28H27F6N3O/c29-27(30,31)26(38,28(32,33)34)23-7-5-22(6-8-23)21-3-1-19(2-4-21)16-37-24-9-10-25(37)18-36(17-24)15-20-11-13-35-14-12-20/h1-8,11-14,24-25,38H,9-10,15-18H2. The highest BCUT2D eigenvalue weighted by Gasteiger charge is 2.71. The van der Waals surface area contributed by atoms with E-state index in [9.17, 15) is 31.4 Å². The topological polar surface area (TPSA) is 39.6 Å². The highest BCUT2D eigenvalue weighted by Crippen LogP contribution is 2.50. The maximum atomic E-state index is 13.1. The Balaban J connectivity index is 1.24. The van der Waals surface area contributed by atoms with Gasteiger partial charge in [0.25, 0.3) is 5.60 Å². The summed E-state index contributed by atoms with van der Waals surface area (Å²) in [5, 5.41) is 9.59. The first-order valence-electron chi connectivity index (χ1n) is 12.4. The van der Waals surface area contributed by atoms with Gasteiger partial charge in [-0.15, -0.1) is 0 Å². The normalized spacial score (nSPS) is 21.1. The first kappa shape index (κ1) is 26.6. The molecule has 2 saturated heterocycles. The third kappa shape index (κ3) is 5.04. The maximum absolute atomic E-state index is 13.1. The van der Waals surface area contributed by atoms with Crippen LogP contribution in [-0.4, -0.2) is 57.4 Å². The van der Waals surface area contributed by atoms with Crippen molar-refractivity contribution in [3.8, 4) is 11.1 Å². The van der Waals surface area contributed by atoms with E-state index < -0.39 is 23.5 Å². The molecule has 1 N–H and O–H groups in total. The van der Waals surface area contributed by atoms with Gasteiger partial charge in [-0.3, -0.25) is 14.8 Å². The Morgan fingerprint density at radius 2 is 1.16 bits per heavy atom. The van der Waals surface area contributed by atoms with Crippen LogP contribution >= 0.6 is 0 Å². The van der Waals surface area contributed by atoms with Gasteiger partial charge in [0.05, 0.1) is 0 Å². The number of pyridine rings is 1. The predicted molar refractivity (Wildman–Crippen MR) is 130 cm³/mol. The summed E-state index contributed by atoms with van der Waals surface area (Å²) in [6, 6.07) is 16.2. The van der Waals surface area contributed by atoms with Crippen LogP contribution in [-0.2, 0) is 18.7 Å². The predicted octanol–water partition coefficient (Wildman–Crippen LogP) is 5.91. The Bertz CT molecular complexity index is 1200. The van der Waals surface area contributed by atoms with Crippen molar-refractivity contribution in [3.63, 3.8) is 0 Å². The minimum absolute atomic E-state index is 0.455. The van der Waals surface area contributed by atoms with Crippen LogP contribution in [0.2, 0.25) is 0 Å². The van der Waals surface area contributed by atoms with Crippen molar-refractivity contribution < 1.29 is 31.4 Å². The van der Waals surface area contributed by atoms with Crippen molar-refractivity contribution >= 4 is 0 Å². The molecule has 2 aliphatic heterocycles. The second-order valence-electron chi connectivity index (χ2n) is 10.1. The van der Waals surface area contributed by atoms with Gasteiger partial charge in [0.2, 0.25) is 0 Å². The molecule has 3 heterocycles. The van der Waals surface area contributed by atoms with Crippen molar-refractivity contribution in [1.82, 2.24) is 14.8 Å². The smallest absolute Gasteiger partial charge is 0.369 e. The van der Waals surface area contributed by atoms with E-state index in [1.807, 2.05) is 48.8 Å². The average molecular weight is 536 g/mol. The summed E-state index contributed by atoms with van der Waals surface area (Å²) >= 11 is 0. The van der Waals surface area contributed by atoms with E-state index in [0.29, 0.717) is 35.3 Å². The van der Waals surface area contributed by atoms with Gasteiger partial charge in [-0.25, -0.2) is 0 Å². The number of benzene rings is 2. The highest BCUT2D eigenvalue weighted by molar-refractivity contribution is 5.64. The molecule has 2 unspecified atom stereocenters. The molecule has 4 nitrogen and oxygen atoms in total. The van der Waals surface area contributed by atoms with E-state index in [4.69, 9.17) is 0 Å². The number of aromatic nitrogens is 1. The summed E-state index contributed by atoms with van der Waals surface area (Å²) in [7, 11) is 0. The number of alkyl halides is 6. The van der Waals surface area contributed by atoms with Crippen molar-refractivity contribution in [1.29, 1.82) is 0 Å². The molecule has 10 heteroatoms. The molecule has 2 fully saturated rings. The lowest BCUT2D eigenvalue weighted by atomic mass is 9.90. The van der Waals surface area contributed by atoms with Crippen LogP contribution in [0, 0.1) is 0 Å². The largest absolute Gasteiger partial charge is 0.430 e. The van der Waals surface area contributed by atoms with Gasteiger partial charge in [0.1, 0.15) is 0 Å². The first-order chi connectivity index (χ1) is 18.0. The fourth-order valence-electron chi connectivity index (χ4n) is 5.62. The van der Waals surface area contributed by atoms with E-state index in [-0.39, 0.29) is 0 Å². The van der Waals surface area contributed by atoms with Crippen LogP contribution in [0.3, 0.4) is 0 Å². The van der Waals surface area contributed by atoms with Crippen LogP contribution in [0.4, 0.5) is 26.3 Å². The molecule has 0 amide bonds. The van der Waals surface area contributed by atoms with Crippen LogP contribution in [0.1, 0.15) is 29.5 Å². The number of likely N-dealkylation sites (tertiary alicyclic amines) is 1. The summed E-state index contributed by atoms with van der Waals surface area (Å²) in [6.07, 6.45) is -5.91. The van der Waals surface area contributed by atoms with Gasteiger partial charge in [-0.2, -0.15) is 26.3 Å². The molecule has 0 radical (unpaired) electrons. The van der Waals surface area contributed by atoms with Crippen molar-refractivity contribution in [3.05, 3.63) is 89.7 Å². The third-order valence-electron chi connectivity index (χ3n) is 7.64. The molecule has 0 saturated carbocycles. The van der Waals surface area contributed by atoms with Gasteiger partial charge in [0, 0.05) is 56.2 Å². The van der Waals surface area contributed by atoms with Gasteiger partial charge in [0.15, 0.2) is 0 Å². The molecule has 3 aromatic rings. The van der Waals surface area contributed by atoms with Crippen molar-refractivity contribution in [2.24, 2.45) is 0 Å². The van der Waals surface area contributed by atoms with Gasteiger partial charge >= 0.3 is 12.4 Å². The Hall–Kier alpha value is -2.95. The molecule has 1 aromatic heterocycles. The number of piperazine rings is 1. The van der Waals surface area contributed by atoms with Crippen molar-refractivity contribution in [2.75, 3.05) is 13.1 Å². The fraction of sp³-hybridized carbons (Fsp3) is 0.393. The summed E-state index contributed by atoms with van der Waals surface area (Å²) in [6.45, 7) is 3.67. The zero-order valence-electron chi connectivity index (χ0n) is 20.4. The Labute approximate surface area is 216 Å². The number of halogens is 6. The van der Waals surface area contributed by atoms with E-state index in [2.05, 4.69) is 14.8 Å². The van der Waals surface area contributed by atoms with Crippen LogP contribution < -0.4 is 0 Å². The highest BCUT2D eigenvalue weighted by atomic mass is 19.4. The summed E-state index contributed by atoms with van der Waals surface area (Å²) in [5.41, 5.74) is -2.74. The molecule has 2 bridgehead atoms. The Morgan fingerprint density at radius 3 is 1.66 bits per heavy atom. The number of hydrogen-bond acceptors (Lipinski definition) is 4. The molecule has 202 valence electrons. The fourth-order valence-corrected chi connectivity index (χ4v) is 5.62. The molecule has 5 rings (SSSR count). The number of fused-ring (bicyclic) bond motifs is 2. The molecule has 38 heavy (non-hydrogen) atoms. The second-order valence-corrected chi connectivity index (χ2v) is 10.1. The van der Waals surface area contributed by atoms with Crippen molar-refractivity contribution in [2.45, 2.75) is 56.0 Å². The SMILES string of the molecule is OC(c1ccc(-c2ccc(CN3C4CCC3CN(Cc3ccncc3)C4)cc2)cc1)(C(F)(F)F)C(F)(F)F. The minimum atomic E-state index is -5.90. The molecule has 2 aliphatic rings. The summed E-state index contributed by atoms with van der Waals surface area (Å²) < 4.78 is 78.9. The third-order valence-corrected chi connectivity index (χ3v) is 7.64. The maximum Gasteiger partial charge on any atom is 0.430 e.